The van der Waals surface area contributed by atoms with E-state index in [1.807, 2.05) is 30.3 Å². The monoisotopic (exact) mass is 554 g/mol. The largest absolute Gasteiger partial charge is 0.423 e. The zero-order valence-corrected chi connectivity index (χ0v) is 24.1. The lowest BCUT2D eigenvalue weighted by molar-refractivity contribution is 0.0734. The molecule has 0 amide bonds. The minimum Gasteiger partial charge on any atom is -0.423 e. The maximum Gasteiger partial charge on any atom is 0.343 e. The Balaban J connectivity index is 1.18. The van der Waals surface area contributed by atoms with Crippen LogP contribution in [0.4, 0.5) is 4.39 Å². The van der Waals surface area contributed by atoms with Gasteiger partial charge in [-0.25, -0.2) is 9.18 Å². The Morgan fingerprint density at radius 2 is 1.40 bits per heavy atom. The molecule has 0 saturated carbocycles. The molecule has 0 aliphatic carbocycles. The van der Waals surface area contributed by atoms with Crippen LogP contribution in [0.3, 0.4) is 0 Å². The van der Waals surface area contributed by atoms with E-state index in [0.29, 0.717) is 17.2 Å². The molecular weight excluding hydrogens is 519 g/mol. The van der Waals surface area contributed by atoms with E-state index in [2.05, 4.69) is 80.6 Å². The van der Waals surface area contributed by atoms with Crippen LogP contribution in [0, 0.1) is 5.82 Å². The molecule has 2 nitrogen and oxygen atoms in total. The Morgan fingerprint density at radius 3 is 2.05 bits per heavy atom. The van der Waals surface area contributed by atoms with Gasteiger partial charge in [0.2, 0.25) is 0 Å². The van der Waals surface area contributed by atoms with Crippen LogP contribution in [0.5, 0.6) is 5.75 Å². The fraction of sp³-hybridized carbons (Fsp3) is 0.154. The molecule has 0 unspecified atom stereocenters. The van der Waals surface area contributed by atoms with Gasteiger partial charge in [0, 0.05) is 5.56 Å². The highest BCUT2D eigenvalue weighted by Gasteiger charge is 2.12. The predicted molar refractivity (Wildman–Crippen MR) is 171 cm³/mol. The van der Waals surface area contributed by atoms with Gasteiger partial charge in [0.05, 0.1) is 5.56 Å². The second-order valence-electron chi connectivity index (χ2n) is 10.7. The summed E-state index contributed by atoms with van der Waals surface area (Å²) in [4.78, 5) is 12.5. The summed E-state index contributed by atoms with van der Waals surface area (Å²) < 4.78 is 20.2. The van der Waals surface area contributed by atoms with Gasteiger partial charge < -0.3 is 4.74 Å². The van der Waals surface area contributed by atoms with Crippen LogP contribution in [0.2, 0.25) is 0 Å². The van der Waals surface area contributed by atoms with Crippen molar-refractivity contribution in [2.24, 2.45) is 0 Å². The predicted octanol–water partition coefficient (Wildman–Crippen LogP) is 10.2. The molecule has 0 radical (unpaired) electrons. The maximum absolute atomic E-state index is 14.8. The molecule has 1 atom stereocenters. The molecule has 0 aliphatic heterocycles. The first-order valence-corrected chi connectivity index (χ1v) is 14.5. The third-order valence-corrected chi connectivity index (χ3v) is 7.47. The second-order valence-corrected chi connectivity index (χ2v) is 10.7. The molecule has 5 aromatic carbocycles. The first kappa shape index (κ1) is 28.8. The second kappa shape index (κ2) is 13.7. The number of hydrogen-bond donors (Lipinski definition) is 0. The van der Waals surface area contributed by atoms with Crippen molar-refractivity contribution in [3.63, 3.8) is 0 Å². The molecule has 0 spiro atoms. The Kier molecular flexibility index (Phi) is 9.41. The van der Waals surface area contributed by atoms with Gasteiger partial charge in [-0.3, -0.25) is 0 Å². The van der Waals surface area contributed by atoms with Crippen LogP contribution < -0.4 is 4.74 Å². The topological polar surface area (TPSA) is 26.3 Å². The molecule has 210 valence electrons. The van der Waals surface area contributed by atoms with Gasteiger partial charge in [0.15, 0.2) is 0 Å². The van der Waals surface area contributed by atoms with Crippen molar-refractivity contribution < 1.29 is 13.9 Å². The number of benzene rings is 5. The van der Waals surface area contributed by atoms with Gasteiger partial charge in [-0.05, 0) is 76.4 Å². The Morgan fingerprint density at radius 1 is 0.762 bits per heavy atom. The number of carbonyl (C=O) groups excluding carboxylic acids is 1. The molecule has 0 aliphatic rings. The number of esters is 1. The summed E-state index contributed by atoms with van der Waals surface area (Å²) in [6, 6.07) is 39.4. The lowest BCUT2D eigenvalue weighted by Gasteiger charge is -2.12. The van der Waals surface area contributed by atoms with Crippen LogP contribution >= 0.6 is 0 Å². The van der Waals surface area contributed by atoms with Crippen LogP contribution in [0.1, 0.15) is 64.4 Å². The van der Waals surface area contributed by atoms with E-state index in [4.69, 9.17) is 4.74 Å². The van der Waals surface area contributed by atoms with Crippen LogP contribution in [0.15, 0.2) is 121 Å². The highest BCUT2D eigenvalue weighted by Crippen LogP contribution is 2.25. The summed E-state index contributed by atoms with van der Waals surface area (Å²) in [7, 11) is 0. The lowest BCUT2D eigenvalue weighted by atomic mass is 9.93. The summed E-state index contributed by atoms with van der Waals surface area (Å²) in [6.07, 6.45) is 6.61. The summed E-state index contributed by atoms with van der Waals surface area (Å²) in [5.41, 5.74) is 7.68. The highest BCUT2D eigenvalue weighted by atomic mass is 19.1. The maximum atomic E-state index is 14.8. The van der Waals surface area contributed by atoms with E-state index in [-0.39, 0.29) is 5.56 Å². The van der Waals surface area contributed by atoms with Crippen LogP contribution in [0.25, 0.3) is 23.3 Å². The van der Waals surface area contributed by atoms with E-state index in [1.54, 1.807) is 30.3 Å². The van der Waals surface area contributed by atoms with Crippen molar-refractivity contribution >= 4 is 18.1 Å². The van der Waals surface area contributed by atoms with Gasteiger partial charge in [0.1, 0.15) is 11.6 Å². The zero-order valence-electron chi connectivity index (χ0n) is 24.1. The van der Waals surface area contributed by atoms with Gasteiger partial charge in [-0.2, -0.15) is 0 Å². The first-order chi connectivity index (χ1) is 20.5. The van der Waals surface area contributed by atoms with Gasteiger partial charge in [-0.1, -0.05) is 129 Å². The summed E-state index contributed by atoms with van der Waals surface area (Å²) in [6.45, 7) is 4.38. The van der Waals surface area contributed by atoms with Crippen molar-refractivity contribution in [2.75, 3.05) is 0 Å². The summed E-state index contributed by atoms with van der Waals surface area (Å²) in [5, 5.41) is 0. The van der Waals surface area contributed by atoms with Crippen molar-refractivity contribution in [1.82, 2.24) is 0 Å². The smallest absolute Gasteiger partial charge is 0.343 e. The molecule has 3 heteroatoms. The molecule has 0 bridgehead atoms. The van der Waals surface area contributed by atoms with E-state index in [0.717, 1.165) is 36.0 Å². The molecule has 0 saturated heterocycles. The Labute approximate surface area is 248 Å². The van der Waals surface area contributed by atoms with Crippen molar-refractivity contribution in [3.05, 3.63) is 161 Å². The number of rotatable bonds is 10. The minimum absolute atomic E-state index is 0.173. The molecule has 0 N–H and O–H groups in total. The number of carbonyl (C=O) groups is 1. The normalized spacial score (nSPS) is 11.9. The third-order valence-electron chi connectivity index (χ3n) is 7.47. The van der Waals surface area contributed by atoms with E-state index in [9.17, 15) is 9.18 Å². The van der Waals surface area contributed by atoms with E-state index < -0.39 is 11.8 Å². The minimum atomic E-state index is -0.581. The SMILES string of the molecule is CCCc1ccc(OC(=O)c2ccc(C=Cc3ccc(-c4ccc(C[C@@H](C)c5ccccc5)cc4)cc3)c(F)c2)cc1. The average molecular weight is 555 g/mol. The van der Waals surface area contributed by atoms with Crippen molar-refractivity contribution in [1.29, 1.82) is 0 Å². The van der Waals surface area contributed by atoms with Gasteiger partial charge in [0.25, 0.3) is 0 Å². The van der Waals surface area contributed by atoms with Gasteiger partial charge in [-0.15, -0.1) is 0 Å². The standard InChI is InChI=1S/C39H35FO2/c1-3-7-29-15-24-37(25-16-29)42-39(41)36-23-22-35(38(40)27-36)21-12-30-10-17-33(18-11-30)34-19-13-31(14-20-34)26-28(2)32-8-5-4-6-9-32/h4-6,8-25,27-28H,3,7,26H2,1-2H3/t28-/m1/s1. The zero-order chi connectivity index (χ0) is 29.3. The molecule has 42 heavy (non-hydrogen) atoms. The van der Waals surface area contributed by atoms with Gasteiger partial charge >= 0.3 is 5.97 Å². The number of ether oxygens (including phenoxy) is 1. The van der Waals surface area contributed by atoms with E-state index >= 15 is 0 Å². The van der Waals surface area contributed by atoms with Crippen LogP contribution in [-0.2, 0) is 12.8 Å². The molecule has 5 aromatic rings. The fourth-order valence-corrected chi connectivity index (χ4v) is 5.03. The average Bonchev–Trinajstić information content (AvgIpc) is 3.02. The van der Waals surface area contributed by atoms with Crippen molar-refractivity contribution in [3.8, 4) is 16.9 Å². The molecule has 0 aromatic heterocycles. The quantitative estimate of drug-likeness (QED) is 0.0975. The Bertz CT molecular complexity index is 1630. The number of aryl methyl sites for hydroxylation is 1. The lowest BCUT2D eigenvalue weighted by Crippen LogP contribution is -2.09. The Hall–Kier alpha value is -4.76. The summed E-state index contributed by atoms with van der Waals surface area (Å²) >= 11 is 0. The number of halogens is 1. The highest BCUT2D eigenvalue weighted by molar-refractivity contribution is 5.91. The van der Waals surface area contributed by atoms with Crippen molar-refractivity contribution in [2.45, 2.75) is 39.0 Å². The molecular formula is C39H35FO2. The molecule has 0 heterocycles. The third kappa shape index (κ3) is 7.50. The first-order valence-electron chi connectivity index (χ1n) is 14.5. The molecule has 5 rings (SSSR count). The van der Waals surface area contributed by atoms with E-state index in [1.165, 1.54) is 22.8 Å². The summed E-state index contributed by atoms with van der Waals surface area (Å²) in [5.74, 6) is -0.147. The molecule has 0 fully saturated rings. The number of hydrogen-bond acceptors (Lipinski definition) is 2. The fourth-order valence-electron chi connectivity index (χ4n) is 5.03. The van der Waals surface area contributed by atoms with Crippen LogP contribution in [-0.4, -0.2) is 5.97 Å².